The lowest BCUT2D eigenvalue weighted by Crippen LogP contribution is -2.46. The van der Waals surface area contributed by atoms with E-state index in [0.29, 0.717) is 13.2 Å². The van der Waals surface area contributed by atoms with Gasteiger partial charge in [-0.25, -0.2) is 4.79 Å². The van der Waals surface area contributed by atoms with Crippen LogP contribution in [0.2, 0.25) is 0 Å². The number of ether oxygens (including phenoxy) is 3. The Morgan fingerprint density at radius 2 is 2.07 bits per heavy atom. The Morgan fingerprint density at radius 1 is 1.43 bits per heavy atom. The van der Waals surface area contributed by atoms with E-state index in [9.17, 15) is 4.79 Å². The molecule has 0 radical (unpaired) electrons. The Kier molecular flexibility index (Phi) is 7.14. The van der Waals surface area contributed by atoms with Gasteiger partial charge in [0.25, 0.3) is 0 Å². The molecule has 0 aromatic carbocycles. The number of rotatable bonds is 6. The second-order valence-corrected chi connectivity index (χ2v) is 2.84. The van der Waals surface area contributed by atoms with E-state index >= 15 is 0 Å². The van der Waals surface area contributed by atoms with Crippen molar-refractivity contribution in [1.82, 2.24) is 5.32 Å². The van der Waals surface area contributed by atoms with E-state index in [1.165, 1.54) is 7.11 Å². The minimum atomic E-state index is -0.474. The normalized spacial score (nSPS) is 14.6. The molecule has 5 heteroatoms. The van der Waals surface area contributed by atoms with Crippen molar-refractivity contribution < 1.29 is 19.0 Å². The van der Waals surface area contributed by atoms with Crippen LogP contribution in [0.25, 0.3) is 0 Å². The topological polar surface area (TPSA) is 56.8 Å². The minimum Gasteiger partial charge on any atom is -0.453 e. The van der Waals surface area contributed by atoms with Crippen LogP contribution < -0.4 is 5.32 Å². The van der Waals surface area contributed by atoms with Crippen molar-refractivity contribution in [2.75, 3.05) is 27.4 Å². The van der Waals surface area contributed by atoms with Gasteiger partial charge in [-0.1, -0.05) is 0 Å². The number of hydrogen-bond acceptors (Lipinski definition) is 4. The van der Waals surface area contributed by atoms with Gasteiger partial charge in [-0.05, 0) is 13.8 Å². The van der Waals surface area contributed by atoms with Crippen LogP contribution in [0.1, 0.15) is 13.8 Å². The fraction of sp³-hybridized carbons (Fsp3) is 0.889. The summed E-state index contributed by atoms with van der Waals surface area (Å²) in [5.74, 6) is 0. The molecule has 0 fully saturated rings. The third kappa shape index (κ3) is 5.04. The van der Waals surface area contributed by atoms with Crippen molar-refractivity contribution in [2.24, 2.45) is 0 Å². The highest BCUT2D eigenvalue weighted by atomic mass is 16.5. The van der Waals surface area contributed by atoms with Gasteiger partial charge < -0.3 is 19.5 Å². The second kappa shape index (κ2) is 7.58. The smallest absolute Gasteiger partial charge is 0.407 e. The second-order valence-electron chi connectivity index (χ2n) is 2.84. The molecule has 0 rings (SSSR count). The van der Waals surface area contributed by atoms with Crippen molar-refractivity contribution in [3.8, 4) is 0 Å². The Morgan fingerprint density at radius 3 is 2.50 bits per heavy atom. The summed E-state index contributed by atoms with van der Waals surface area (Å²) in [4.78, 5) is 11.0. The SMILES string of the molecule is CCOCC(NC(=O)OC)C(C)OC. The molecule has 0 aliphatic rings. The molecule has 84 valence electrons. The van der Waals surface area contributed by atoms with Gasteiger partial charge in [0, 0.05) is 13.7 Å². The van der Waals surface area contributed by atoms with Crippen LogP contribution in [0.4, 0.5) is 4.79 Å². The first-order valence-corrected chi connectivity index (χ1v) is 4.60. The fourth-order valence-corrected chi connectivity index (χ4v) is 0.914. The van der Waals surface area contributed by atoms with Gasteiger partial charge in [-0.15, -0.1) is 0 Å². The van der Waals surface area contributed by atoms with Gasteiger partial charge in [-0.2, -0.15) is 0 Å². The first-order chi connectivity index (χ1) is 6.65. The Hall–Kier alpha value is -0.810. The lowest BCUT2D eigenvalue weighted by Gasteiger charge is -2.22. The summed E-state index contributed by atoms with van der Waals surface area (Å²) in [6.07, 6.45) is -0.584. The molecule has 0 spiro atoms. The summed E-state index contributed by atoms with van der Waals surface area (Å²) < 4.78 is 14.8. The molecule has 0 aliphatic carbocycles. The maximum absolute atomic E-state index is 11.0. The van der Waals surface area contributed by atoms with E-state index in [4.69, 9.17) is 9.47 Å². The Balaban J connectivity index is 4.02. The molecular weight excluding hydrogens is 186 g/mol. The van der Waals surface area contributed by atoms with Crippen molar-refractivity contribution >= 4 is 6.09 Å². The number of nitrogens with one attached hydrogen (secondary N) is 1. The molecule has 5 nitrogen and oxygen atoms in total. The molecule has 1 N–H and O–H groups in total. The summed E-state index contributed by atoms with van der Waals surface area (Å²) in [5.41, 5.74) is 0. The molecule has 0 saturated carbocycles. The van der Waals surface area contributed by atoms with Crippen LogP contribution in [0, 0.1) is 0 Å². The molecule has 14 heavy (non-hydrogen) atoms. The average molecular weight is 205 g/mol. The molecular formula is C9H19NO4. The molecule has 0 aromatic rings. The summed E-state index contributed by atoms with van der Waals surface area (Å²) in [7, 11) is 2.91. The molecule has 0 bridgehead atoms. The van der Waals surface area contributed by atoms with Gasteiger partial charge in [0.15, 0.2) is 0 Å². The van der Waals surface area contributed by atoms with Gasteiger partial charge in [0.05, 0.1) is 25.9 Å². The first-order valence-electron chi connectivity index (χ1n) is 4.60. The summed E-state index contributed by atoms with van der Waals surface area (Å²) in [6, 6.07) is -0.188. The number of amides is 1. The summed E-state index contributed by atoms with van der Waals surface area (Å²) >= 11 is 0. The predicted octanol–water partition coefficient (Wildman–Crippen LogP) is 0.782. The van der Waals surface area contributed by atoms with Gasteiger partial charge in [0.2, 0.25) is 0 Å². The highest BCUT2D eigenvalue weighted by Gasteiger charge is 2.19. The van der Waals surface area contributed by atoms with E-state index in [1.54, 1.807) is 7.11 Å². The van der Waals surface area contributed by atoms with E-state index in [1.807, 2.05) is 13.8 Å². The largest absolute Gasteiger partial charge is 0.453 e. The van der Waals surface area contributed by atoms with Gasteiger partial charge >= 0.3 is 6.09 Å². The van der Waals surface area contributed by atoms with Crippen LogP contribution in [-0.4, -0.2) is 45.7 Å². The van der Waals surface area contributed by atoms with Gasteiger partial charge in [0.1, 0.15) is 0 Å². The molecule has 2 unspecified atom stereocenters. The third-order valence-electron chi connectivity index (χ3n) is 1.93. The Bertz CT molecular complexity index is 163. The van der Waals surface area contributed by atoms with Crippen LogP contribution in [0.3, 0.4) is 0 Å². The third-order valence-corrected chi connectivity index (χ3v) is 1.93. The number of hydrogen-bond donors (Lipinski definition) is 1. The quantitative estimate of drug-likeness (QED) is 0.696. The zero-order valence-corrected chi connectivity index (χ0v) is 9.20. The van der Waals surface area contributed by atoms with Crippen molar-refractivity contribution in [3.05, 3.63) is 0 Å². The minimum absolute atomic E-state index is 0.111. The maximum atomic E-state index is 11.0. The highest BCUT2D eigenvalue weighted by molar-refractivity contribution is 5.67. The number of carbonyl (C=O) groups excluding carboxylic acids is 1. The molecule has 0 heterocycles. The number of methoxy groups -OCH3 is 2. The molecule has 0 aliphatic heterocycles. The van der Waals surface area contributed by atoms with Crippen LogP contribution in [0.15, 0.2) is 0 Å². The highest BCUT2D eigenvalue weighted by Crippen LogP contribution is 1.99. The lowest BCUT2D eigenvalue weighted by atomic mass is 10.2. The maximum Gasteiger partial charge on any atom is 0.407 e. The van der Waals surface area contributed by atoms with E-state index in [2.05, 4.69) is 10.1 Å². The summed E-state index contributed by atoms with van der Waals surface area (Å²) in [5, 5.41) is 2.64. The van der Waals surface area contributed by atoms with Crippen molar-refractivity contribution in [1.29, 1.82) is 0 Å². The van der Waals surface area contributed by atoms with Crippen molar-refractivity contribution in [2.45, 2.75) is 26.0 Å². The van der Waals surface area contributed by atoms with Gasteiger partial charge in [-0.3, -0.25) is 0 Å². The number of carbonyl (C=O) groups is 1. The Labute approximate surface area is 84.7 Å². The molecule has 0 saturated heterocycles. The average Bonchev–Trinajstić information content (AvgIpc) is 2.22. The monoisotopic (exact) mass is 205 g/mol. The summed E-state index contributed by atoms with van der Waals surface area (Å²) in [6.45, 7) is 4.78. The molecule has 0 aromatic heterocycles. The zero-order valence-electron chi connectivity index (χ0n) is 9.20. The van der Waals surface area contributed by atoms with Crippen LogP contribution >= 0.6 is 0 Å². The van der Waals surface area contributed by atoms with Crippen LogP contribution in [0.5, 0.6) is 0 Å². The van der Waals surface area contributed by atoms with Crippen LogP contribution in [-0.2, 0) is 14.2 Å². The fourth-order valence-electron chi connectivity index (χ4n) is 0.914. The first kappa shape index (κ1) is 13.2. The zero-order chi connectivity index (χ0) is 11.0. The standard InChI is InChI=1S/C9H19NO4/c1-5-14-6-8(7(2)12-3)10-9(11)13-4/h7-8H,5-6H2,1-4H3,(H,10,11). The molecule has 2 atom stereocenters. The molecule has 1 amide bonds. The van der Waals surface area contributed by atoms with E-state index in [-0.39, 0.29) is 12.1 Å². The number of alkyl carbamates (subject to hydrolysis) is 1. The van der Waals surface area contributed by atoms with E-state index < -0.39 is 6.09 Å². The lowest BCUT2D eigenvalue weighted by molar-refractivity contribution is 0.0331. The predicted molar refractivity (Wildman–Crippen MR) is 52.3 cm³/mol. The van der Waals surface area contributed by atoms with E-state index in [0.717, 1.165) is 0 Å². The van der Waals surface area contributed by atoms with Crippen molar-refractivity contribution in [3.63, 3.8) is 0 Å².